The van der Waals surface area contributed by atoms with Crippen LogP contribution in [0.15, 0.2) is 0 Å². The summed E-state index contributed by atoms with van der Waals surface area (Å²) in [6, 6.07) is -0.279. The molecule has 114 valence electrons. The number of aliphatic hydroxyl groups excluding tert-OH is 1. The summed E-state index contributed by atoms with van der Waals surface area (Å²) in [7, 11) is 0. The van der Waals surface area contributed by atoms with E-state index in [0.717, 1.165) is 19.4 Å². The fraction of sp³-hybridized carbons (Fsp3) is 0.857. The predicted molar refractivity (Wildman–Crippen MR) is 73.1 cm³/mol. The average molecular weight is 284 g/mol. The molecule has 0 radical (unpaired) electrons. The minimum atomic E-state index is -0.776. The molecule has 2 aliphatic heterocycles. The Morgan fingerprint density at radius 1 is 1.45 bits per heavy atom. The quantitative estimate of drug-likeness (QED) is 0.679. The van der Waals surface area contributed by atoms with Gasteiger partial charge in [0.05, 0.1) is 12.1 Å². The zero-order valence-corrected chi connectivity index (χ0v) is 11.9. The van der Waals surface area contributed by atoms with Crippen molar-refractivity contribution in [1.29, 1.82) is 0 Å². The molecule has 2 fully saturated rings. The van der Waals surface area contributed by atoms with Gasteiger partial charge in [-0.25, -0.2) is 0 Å². The van der Waals surface area contributed by atoms with Crippen molar-refractivity contribution in [3.05, 3.63) is 0 Å². The first-order valence-electron chi connectivity index (χ1n) is 7.39. The van der Waals surface area contributed by atoms with Crippen molar-refractivity contribution >= 4 is 11.9 Å². The lowest BCUT2D eigenvalue weighted by Gasteiger charge is -2.36. The van der Waals surface area contributed by atoms with E-state index in [1.807, 2.05) is 11.8 Å². The number of carboxylic acids is 1. The molecule has 2 aliphatic rings. The summed E-state index contributed by atoms with van der Waals surface area (Å²) in [6.07, 6.45) is 2.11. The van der Waals surface area contributed by atoms with E-state index in [9.17, 15) is 14.7 Å². The van der Waals surface area contributed by atoms with E-state index in [-0.39, 0.29) is 30.2 Å². The molecule has 1 amide bonds. The first-order chi connectivity index (χ1) is 9.47. The molecule has 2 saturated heterocycles. The predicted octanol–water partition coefficient (Wildman–Crippen LogP) is 0.0586. The number of aliphatic carboxylic acids is 1. The van der Waals surface area contributed by atoms with Gasteiger partial charge in [0.1, 0.15) is 0 Å². The lowest BCUT2D eigenvalue weighted by atomic mass is 9.84. The van der Waals surface area contributed by atoms with Gasteiger partial charge in [0.15, 0.2) is 0 Å². The molecule has 0 aromatic carbocycles. The molecule has 0 saturated carbocycles. The Morgan fingerprint density at radius 3 is 2.80 bits per heavy atom. The Bertz CT molecular complexity index is 374. The molecule has 2 rings (SSSR count). The zero-order chi connectivity index (χ0) is 14.7. The van der Waals surface area contributed by atoms with E-state index in [1.165, 1.54) is 0 Å². The number of rotatable bonds is 4. The van der Waals surface area contributed by atoms with Crippen molar-refractivity contribution in [1.82, 2.24) is 10.2 Å². The molecule has 0 aromatic heterocycles. The maximum atomic E-state index is 12.4. The Labute approximate surface area is 119 Å². The van der Waals surface area contributed by atoms with Gasteiger partial charge in [0.2, 0.25) is 5.91 Å². The average Bonchev–Trinajstić information content (AvgIpc) is 2.84. The van der Waals surface area contributed by atoms with Crippen LogP contribution >= 0.6 is 0 Å². The third-order valence-electron chi connectivity index (χ3n) is 4.48. The van der Waals surface area contributed by atoms with E-state index >= 15 is 0 Å². The van der Waals surface area contributed by atoms with Crippen molar-refractivity contribution in [3.8, 4) is 0 Å². The number of likely N-dealkylation sites (tertiary alicyclic amines) is 1. The van der Waals surface area contributed by atoms with Crippen molar-refractivity contribution in [2.75, 3.05) is 19.6 Å². The number of nitrogens with zero attached hydrogens (tertiary/aromatic N) is 1. The maximum Gasteiger partial charge on any atom is 0.303 e. The van der Waals surface area contributed by atoms with Crippen LogP contribution in [-0.2, 0) is 9.59 Å². The zero-order valence-electron chi connectivity index (χ0n) is 11.9. The molecule has 3 N–H and O–H groups in total. The summed E-state index contributed by atoms with van der Waals surface area (Å²) in [5, 5.41) is 21.4. The fourth-order valence-corrected chi connectivity index (χ4v) is 3.24. The molecule has 2 heterocycles. The van der Waals surface area contributed by atoms with Crippen molar-refractivity contribution in [2.24, 2.45) is 11.8 Å². The number of carbonyl (C=O) groups is 2. The van der Waals surface area contributed by atoms with Crippen LogP contribution in [0.2, 0.25) is 0 Å². The number of piperidine rings is 1. The first-order valence-corrected chi connectivity index (χ1v) is 7.39. The summed E-state index contributed by atoms with van der Waals surface area (Å²) in [4.78, 5) is 25.0. The maximum absolute atomic E-state index is 12.4. The number of hydrogen-bond donors (Lipinski definition) is 3. The summed E-state index contributed by atoms with van der Waals surface area (Å²) < 4.78 is 0. The summed E-state index contributed by atoms with van der Waals surface area (Å²) in [5.74, 6) is -0.379. The minimum absolute atomic E-state index is 0.0498. The first kappa shape index (κ1) is 15.3. The van der Waals surface area contributed by atoms with Crippen LogP contribution in [0.4, 0.5) is 0 Å². The fourth-order valence-electron chi connectivity index (χ4n) is 3.24. The van der Waals surface area contributed by atoms with E-state index in [0.29, 0.717) is 19.5 Å². The van der Waals surface area contributed by atoms with Crippen LogP contribution in [0.5, 0.6) is 0 Å². The van der Waals surface area contributed by atoms with E-state index in [4.69, 9.17) is 5.11 Å². The number of aliphatic hydroxyl groups is 1. The smallest absolute Gasteiger partial charge is 0.303 e. The summed E-state index contributed by atoms with van der Waals surface area (Å²) >= 11 is 0. The molecule has 0 spiro atoms. The minimum Gasteiger partial charge on any atom is -0.481 e. The third kappa shape index (κ3) is 3.70. The third-order valence-corrected chi connectivity index (χ3v) is 4.48. The van der Waals surface area contributed by atoms with Crippen LogP contribution in [0.1, 0.15) is 32.6 Å². The van der Waals surface area contributed by atoms with Crippen LogP contribution < -0.4 is 5.32 Å². The number of nitrogens with one attached hydrogen (secondary N) is 1. The topological polar surface area (TPSA) is 89.9 Å². The number of carbonyl (C=O) groups excluding carboxylic acids is 1. The van der Waals surface area contributed by atoms with Gasteiger partial charge in [0, 0.05) is 26.1 Å². The molecule has 4 atom stereocenters. The van der Waals surface area contributed by atoms with E-state index in [2.05, 4.69) is 5.32 Å². The molecule has 6 heteroatoms. The van der Waals surface area contributed by atoms with Gasteiger partial charge in [-0.1, -0.05) is 6.92 Å². The van der Waals surface area contributed by atoms with Crippen LogP contribution in [0.3, 0.4) is 0 Å². The monoisotopic (exact) mass is 284 g/mol. The molecule has 0 aromatic rings. The standard InChI is InChI=1S/C14H24N2O4/c1-9(5-13(18)19)10-3-2-4-16(8-10)14(20)12-6-11(17)7-15-12/h9-12,15,17H,2-8H2,1H3,(H,18,19). The van der Waals surface area contributed by atoms with Gasteiger partial charge in [-0.3, -0.25) is 9.59 Å². The van der Waals surface area contributed by atoms with Crippen LogP contribution in [-0.4, -0.2) is 58.8 Å². The lowest BCUT2D eigenvalue weighted by molar-refractivity contribution is -0.139. The summed E-state index contributed by atoms with van der Waals surface area (Å²) in [5.41, 5.74) is 0. The van der Waals surface area contributed by atoms with Gasteiger partial charge in [0.25, 0.3) is 0 Å². The van der Waals surface area contributed by atoms with E-state index in [1.54, 1.807) is 0 Å². The Kier molecular flexibility index (Phi) is 4.99. The largest absolute Gasteiger partial charge is 0.481 e. The number of carboxylic acid groups (broad SMARTS) is 1. The normalized spacial score (nSPS) is 32.1. The second kappa shape index (κ2) is 6.54. The Morgan fingerprint density at radius 2 is 2.20 bits per heavy atom. The second-order valence-corrected chi connectivity index (χ2v) is 6.11. The highest BCUT2D eigenvalue weighted by Crippen LogP contribution is 2.27. The van der Waals surface area contributed by atoms with Crippen LogP contribution in [0.25, 0.3) is 0 Å². The van der Waals surface area contributed by atoms with Crippen molar-refractivity contribution in [2.45, 2.75) is 44.8 Å². The molecule has 0 aliphatic carbocycles. The van der Waals surface area contributed by atoms with Gasteiger partial charge in [-0.15, -0.1) is 0 Å². The highest BCUT2D eigenvalue weighted by molar-refractivity contribution is 5.82. The number of amides is 1. The molecular formula is C14H24N2O4. The van der Waals surface area contributed by atoms with Crippen LogP contribution in [0, 0.1) is 11.8 Å². The number of hydrogen-bond acceptors (Lipinski definition) is 4. The van der Waals surface area contributed by atoms with Gasteiger partial charge in [-0.2, -0.15) is 0 Å². The Hall–Kier alpha value is -1.14. The van der Waals surface area contributed by atoms with Gasteiger partial charge in [-0.05, 0) is 31.1 Å². The SMILES string of the molecule is CC(CC(=O)O)C1CCCN(C(=O)C2CC(O)CN2)C1. The molecule has 4 unspecified atom stereocenters. The molecule has 20 heavy (non-hydrogen) atoms. The molecular weight excluding hydrogens is 260 g/mol. The highest BCUT2D eigenvalue weighted by Gasteiger charge is 2.34. The molecule has 6 nitrogen and oxygen atoms in total. The Balaban J connectivity index is 1.89. The van der Waals surface area contributed by atoms with Gasteiger partial charge >= 0.3 is 5.97 Å². The van der Waals surface area contributed by atoms with Crippen molar-refractivity contribution < 1.29 is 19.8 Å². The highest BCUT2D eigenvalue weighted by atomic mass is 16.4. The van der Waals surface area contributed by atoms with E-state index < -0.39 is 12.1 Å². The summed E-state index contributed by atoms with van der Waals surface area (Å²) in [6.45, 7) is 3.80. The molecule has 0 bridgehead atoms. The lowest BCUT2D eigenvalue weighted by Crippen LogP contribution is -2.48. The van der Waals surface area contributed by atoms with Crippen molar-refractivity contribution in [3.63, 3.8) is 0 Å². The number of β-amino-alcohol motifs (C(OH)–C–C–N with tert-alkyl or cyclic N) is 1. The van der Waals surface area contributed by atoms with Gasteiger partial charge < -0.3 is 20.4 Å². The second-order valence-electron chi connectivity index (χ2n) is 6.11.